The van der Waals surface area contributed by atoms with Crippen molar-refractivity contribution in [2.24, 2.45) is 0 Å². The first-order chi connectivity index (χ1) is 12.5. The Bertz CT molecular complexity index is 877. The maximum atomic E-state index is 12.6. The van der Waals surface area contributed by atoms with Crippen LogP contribution in [0.1, 0.15) is 5.56 Å². The second-order valence-electron chi connectivity index (χ2n) is 5.93. The molecule has 138 valence electrons. The summed E-state index contributed by atoms with van der Waals surface area (Å²) in [6.45, 7) is 3.62. The van der Waals surface area contributed by atoms with Gasteiger partial charge < -0.3 is 15.4 Å². The number of para-hydroxylation sites is 1. The first kappa shape index (κ1) is 18.8. The van der Waals surface area contributed by atoms with Crippen molar-refractivity contribution in [2.45, 2.75) is 11.8 Å². The van der Waals surface area contributed by atoms with E-state index in [-0.39, 0.29) is 4.90 Å². The van der Waals surface area contributed by atoms with Crippen LogP contribution in [0.25, 0.3) is 0 Å². The topological polar surface area (TPSA) is 70.7 Å². The van der Waals surface area contributed by atoms with Gasteiger partial charge in [0.1, 0.15) is 0 Å². The van der Waals surface area contributed by atoms with Crippen LogP contribution in [0.2, 0.25) is 0 Å². The van der Waals surface area contributed by atoms with E-state index in [2.05, 4.69) is 10.6 Å². The van der Waals surface area contributed by atoms with E-state index in [1.807, 2.05) is 31.2 Å². The lowest BCUT2D eigenvalue weighted by Crippen LogP contribution is -2.40. The van der Waals surface area contributed by atoms with Gasteiger partial charge in [-0.2, -0.15) is 4.31 Å². The normalized spacial score (nSPS) is 15.4. The number of rotatable bonds is 4. The Morgan fingerprint density at radius 3 is 2.35 bits per heavy atom. The van der Waals surface area contributed by atoms with Gasteiger partial charge in [-0.3, -0.25) is 0 Å². The highest BCUT2D eigenvalue weighted by molar-refractivity contribution is 7.89. The molecule has 2 aromatic rings. The molecule has 0 spiro atoms. The van der Waals surface area contributed by atoms with Crippen molar-refractivity contribution in [2.75, 3.05) is 36.9 Å². The predicted molar refractivity (Wildman–Crippen MR) is 107 cm³/mol. The zero-order valence-electron chi connectivity index (χ0n) is 14.4. The number of nitrogens with zero attached hydrogens (tertiary/aromatic N) is 1. The Kier molecular flexibility index (Phi) is 5.87. The van der Waals surface area contributed by atoms with Crippen LogP contribution in [0, 0.1) is 6.92 Å². The maximum Gasteiger partial charge on any atom is 0.243 e. The SMILES string of the molecule is Cc1ccccc1NC(=S)Nc1ccc(S(=O)(=O)N2CCOCC2)cc1. The fourth-order valence-corrected chi connectivity index (χ4v) is 4.28. The van der Waals surface area contributed by atoms with Gasteiger partial charge >= 0.3 is 0 Å². The zero-order chi connectivity index (χ0) is 18.6. The van der Waals surface area contributed by atoms with Crippen molar-refractivity contribution < 1.29 is 13.2 Å². The standard InChI is InChI=1S/C18H21N3O3S2/c1-14-4-2-3-5-17(14)20-18(25)19-15-6-8-16(9-7-15)26(22,23)21-10-12-24-13-11-21/h2-9H,10-13H2,1H3,(H2,19,20,25). The average Bonchev–Trinajstić information content (AvgIpc) is 2.65. The van der Waals surface area contributed by atoms with Crippen molar-refractivity contribution in [3.05, 3.63) is 54.1 Å². The number of benzene rings is 2. The summed E-state index contributed by atoms with van der Waals surface area (Å²) in [5.74, 6) is 0. The average molecular weight is 392 g/mol. The van der Waals surface area contributed by atoms with Gasteiger partial charge in [-0.1, -0.05) is 18.2 Å². The number of aryl methyl sites for hydroxylation is 1. The lowest BCUT2D eigenvalue weighted by Gasteiger charge is -2.26. The third-order valence-electron chi connectivity index (χ3n) is 4.11. The van der Waals surface area contributed by atoms with Gasteiger partial charge in [0.2, 0.25) is 10.0 Å². The van der Waals surface area contributed by atoms with Gasteiger partial charge in [-0.25, -0.2) is 8.42 Å². The first-order valence-electron chi connectivity index (χ1n) is 8.28. The lowest BCUT2D eigenvalue weighted by atomic mass is 10.2. The molecule has 6 nitrogen and oxygen atoms in total. The summed E-state index contributed by atoms with van der Waals surface area (Å²) in [5, 5.41) is 6.65. The quantitative estimate of drug-likeness (QED) is 0.781. The highest BCUT2D eigenvalue weighted by Gasteiger charge is 2.26. The molecule has 3 rings (SSSR count). The van der Waals surface area contributed by atoms with Gasteiger partial charge in [-0.05, 0) is 55.0 Å². The molecule has 0 aromatic heterocycles. The summed E-state index contributed by atoms with van der Waals surface area (Å²) in [4.78, 5) is 0.266. The summed E-state index contributed by atoms with van der Waals surface area (Å²) < 4.78 is 31.9. The van der Waals surface area contributed by atoms with Crippen LogP contribution in [-0.4, -0.2) is 44.1 Å². The first-order valence-corrected chi connectivity index (χ1v) is 10.1. The molecule has 26 heavy (non-hydrogen) atoms. The highest BCUT2D eigenvalue weighted by atomic mass is 32.2. The fourth-order valence-electron chi connectivity index (χ4n) is 2.64. The minimum absolute atomic E-state index is 0.266. The lowest BCUT2D eigenvalue weighted by molar-refractivity contribution is 0.0730. The summed E-state index contributed by atoms with van der Waals surface area (Å²) in [5.41, 5.74) is 2.73. The Balaban J connectivity index is 1.66. The summed E-state index contributed by atoms with van der Waals surface area (Å²) >= 11 is 5.32. The minimum Gasteiger partial charge on any atom is -0.379 e. The summed E-state index contributed by atoms with van der Waals surface area (Å²) in [6, 6.07) is 14.4. The number of sulfonamides is 1. The van der Waals surface area contributed by atoms with Crippen molar-refractivity contribution in [3.63, 3.8) is 0 Å². The van der Waals surface area contributed by atoms with Gasteiger partial charge in [0.25, 0.3) is 0 Å². The molecule has 1 aliphatic heterocycles. The van der Waals surface area contributed by atoms with Gasteiger partial charge in [0.15, 0.2) is 5.11 Å². The van der Waals surface area contributed by atoms with Crippen LogP contribution >= 0.6 is 12.2 Å². The maximum absolute atomic E-state index is 12.6. The minimum atomic E-state index is -3.48. The van der Waals surface area contributed by atoms with Crippen molar-refractivity contribution in [3.8, 4) is 0 Å². The molecule has 0 radical (unpaired) electrons. The van der Waals surface area contributed by atoms with Crippen LogP contribution in [0.5, 0.6) is 0 Å². The van der Waals surface area contributed by atoms with E-state index < -0.39 is 10.0 Å². The van der Waals surface area contributed by atoms with E-state index in [4.69, 9.17) is 17.0 Å². The zero-order valence-corrected chi connectivity index (χ0v) is 16.1. The molecule has 0 aliphatic carbocycles. The molecule has 0 bridgehead atoms. The van der Waals surface area contributed by atoms with Crippen LogP contribution in [-0.2, 0) is 14.8 Å². The number of ether oxygens (including phenoxy) is 1. The smallest absolute Gasteiger partial charge is 0.243 e. The van der Waals surface area contributed by atoms with Gasteiger partial charge in [0.05, 0.1) is 18.1 Å². The second-order valence-corrected chi connectivity index (χ2v) is 8.28. The number of nitrogens with one attached hydrogen (secondary N) is 2. The van der Waals surface area contributed by atoms with Crippen LogP contribution in [0.15, 0.2) is 53.4 Å². The molecule has 0 saturated carbocycles. The molecule has 1 fully saturated rings. The van der Waals surface area contributed by atoms with E-state index in [9.17, 15) is 8.42 Å². The fraction of sp³-hybridized carbons (Fsp3) is 0.278. The third kappa shape index (κ3) is 4.39. The molecule has 2 N–H and O–H groups in total. The van der Waals surface area contributed by atoms with Crippen LogP contribution in [0.3, 0.4) is 0 Å². The van der Waals surface area contributed by atoms with E-state index in [1.54, 1.807) is 24.3 Å². The molecule has 1 heterocycles. The molecular formula is C18H21N3O3S2. The number of hydrogen-bond donors (Lipinski definition) is 2. The van der Waals surface area contributed by atoms with E-state index in [0.717, 1.165) is 16.9 Å². The highest BCUT2D eigenvalue weighted by Crippen LogP contribution is 2.20. The third-order valence-corrected chi connectivity index (χ3v) is 6.23. The van der Waals surface area contributed by atoms with Crippen LogP contribution in [0.4, 0.5) is 11.4 Å². The molecule has 0 amide bonds. The number of anilines is 2. The molecule has 0 unspecified atom stereocenters. The summed E-state index contributed by atoms with van der Waals surface area (Å²) in [7, 11) is -3.48. The second kappa shape index (κ2) is 8.13. The molecule has 1 saturated heterocycles. The number of thiocarbonyl (C=S) groups is 1. The van der Waals surface area contributed by atoms with Gasteiger partial charge in [-0.15, -0.1) is 0 Å². The monoisotopic (exact) mass is 391 g/mol. The molecule has 2 aromatic carbocycles. The van der Waals surface area contributed by atoms with Crippen molar-refractivity contribution in [1.82, 2.24) is 4.31 Å². The Morgan fingerprint density at radius 1 is 1.04 bits per heavy atom. The molecule has 0 atom stereocenters. The molecule has 1 aliphatic rings. The van der Waals surface area contributed by atoms with E-state index >= 15 is 0 Å². The van der Waals surface area contributed by atoms with Crippen molar-refractivity contribution >= 4 is 38.7 Å². The Labute approximate surface area is 159 Å². The predicted octanol–water partition coefficient (Wildman–Crippen LogP) is 2.82. The van der Waals surface area contributed by atoms with Crippen LogP contribution < -0.4 is 10.6 Å². The Morgan fingerprint density at radius 2 is 1.69 bits per heavy atom. The molecular weight excluding hydrogens is 370 g/mol. The van der Waals surface area contributed by atoms with E-state index in [0.29, 0.717) is 31.4 Å². The van der Waals surface area contributed by atoms with E-state index in [1.165, 1.54) is 4.31 Å². The number of hydrogen-bond acceptors (Lipinski definition) is 4. The summed E-state index contributed by atoms with van der Waals surface area (Å²) in [6.07, 6.45) is 0. The largest absolute Gasteiger partial charge is 0.379 e. The molecule has 8 heteroatoms. The van der Waals surface area contributed by atoms with Crippen molar-refractivity contribution in [1.29, 1.82) is 0 Å². The number of morpholine rings is 1. The van der Waals surface area contributed by atoms with Gasteiger partial charge in [0, 0.05) is 24.5 Å². The Hall–Kier alpha value is -2.00.